The molecule has 234 valence electrons. The molecule has 0 radical (unpaired) electrons. The van der Waals surface area contributed by atoms with E-state index in [1.54, 1.807) is 13.8 Å². The monoisotopic (exact) mass is 679 g/mol. The van der Waals surface area contributed by atoms with E-state index in [0.717, 1.165) is 24.3 Å². The van der Waals surface area contributed by atoms with Gasteiger partial charge in [-0.15, -0.1) is 0 Å². The number of carbonyl (C=O) groups excluding carboxylic acids is 2. The molecule has 4 rings (SSSR count). The first-order valence-electron chi connectivity index (χ1n) is 12.8. The third-order valence-corrected chi connectivity index (χ3v) is 7.66. The number of hydrogen-bond donors (Lipinski definition) is 4. The molecule has 15 heteroatoms. The van der Waals surface area contributed by atoms with Crippen molar-refractivity contribution in [2.75, 3.05) is 16.0 Å². The lowest BCUT2D eigenvalue weighted by molar-refractivity contribution is -0.140. The van der Waals surface area contributed by atoms with Crippen molar-refractivity contribution < 1.29 is 41.0 Å². The Morgan fingerprint density at radius 3 is 2.25 bits per heavy atom. The fraction of sp³-hybridized carbons (Fsp3) is 0.241. The highest BCUT2D eigenvalue weighted by Gasteiger charge is 2.62. The average molecular weight is 681 g/mol. The largest absolute Gasteiger partial charge is 0.495 e. The Balaban J connectivity index is 1.56. The van der Waals surface area contributed by atoms with Crippen LogP contribution in [0.1, 0.15) is 47.7 Å². The summed E-state index contributed by atoms with van der Waals surface area (Å²) in [6.45, 7) is 3.49. The van der Waals surface area contributed by atoms with E-state index in [1.807, 2.05) is 0 Å². The molecule has 0 aliphatic heterocycles. The summed E-state index contributed by atoms with van der Waals surface area (Å²) in [5.41, 5.74) is -3.18. The van der Waals surface area contributed by atoms with Gasteiger partial charge >= 0.3 is 6.18 Å². The first-order chi connectivity index (χ1) is 20.4. The summed E-state index contributed by atoms with van der Waals surface area (Å²) in [4.78, 5) is 25.1. The van der Waals surface area contributed by atoms with E-state index >= 15 is 4.39 Å². The summed E-state index contributed by atoms with van der Waals surface area (Å²) in [6.07, 6.45) is -4.98. The summed E-state index contributed by atoms with van der Waals surface area (Å²) in [7, 11) is 0. The molecule has 0 aromatic heterocycles. The maximum atomic E-state index is 15.1. The lowest BCUT2D eigenvalue weighted by atomic mass is 10.1. The normalized spacial score (nSPS) is 16.9. The van der Waals surface area contributed by atoms with Crippen LogP contribution in [0.15, 0.2) is 60.0 Å². The van der Waals surface area contributed by atoms with E-state index in [1.165, 1.54) is 12.1 Å². The number of alkyl halides is 5. The molecule has 1 atom stereocenters. The number of hydrogen-bond acceptors (Lipinski definition) is 4. The smallest absolute Gasteiger partial charge is 0.419 e. The number of aliphatic hydroxyl groups excluding tert-OH is 1. The number of anilines is 3. The number of amides is 2. The van der Waals surface area contributed by atoms with Gasteiger partial charge in [0.2, 0.25) is 5.91 Å². The summed E-state index contributed by atoms with van der Waals surface area (Å²) >= 11 is 18.6. The van der Waals surface area contributed by atoms with Crippen molar-refractivity contribution in [3.63, 3.8) is 0 Å². The van der Waals surface area contributed by atoms with Crippen LogP contribution in [0.25, 0.3) is 0 Å². The number of aliphatic hydroxyl groups is 1. The zero-order chi connectivity index (χ0) is 32.7. The minimum Gasteiger partial charge on any atom is -0.495 e. The van der Waals surface area contributed by atoms with Gasteiger partial charge in [0.25, 0.3) is 5.91 Å². The minimum absolute atomic E-state index is 0.00166. The molecule has 3 aromatic carbocycles. The Labute approximate surface area is 262 Å². The molecule has 1 fully saturated rings. The van der Waals surface area contributed by atoms with Gasteiger partial charge in [-0.2, -0.15) is 13.2 Å². The Hall–Kier alpha value is -3.61. The Kier molecular flexibility index (Phi) is 9.39. The second-order valence-electron chi connectivity index (χ2n) is 10.3. The fourth-order valence-electron chi connectivity index (χ4n) is 4.38. The highest BCUT2D eigenvalue weighted by molar-refractivity contribution is 6.55. The molecular formula is C29H22Cl3F6N3O3. The number of benzene rings is 3. The van der Waals surface area contributed by atoms with Crippen LogP contribution in [0.2, 0.25) is 5.02 Å². The van der Waals surface area contributed by atoms with Gasteiger partial charge in [0.15, 0.2) is 16.0 Å². The van der Waals surface area contributed by atoms with Crippen LogP contribution in [-0.2, 0) is 11.0 Å². The minimum atomic E-state index is -4.99. The number of carbonyl (C=O) groups is 2. The fourth-order valence-corrected chi connectivity index (χ4v) is 5.35. The van der Waals surface area contributed by atoms with Crippen molar-refractivity contribution in [1.82, 2.24) is 0 Å². The molecule has 0 unspecified atom stereocenters. The van der Waals surface area contributed by atoms with Gasteiger partial charge in [-0.3, -0.25) is 9.59 Å². The van der Waals surface area contributed by atoms with Crippen LogP contribution in [0, 0.1) is 23.4 Å². The van der Waals surface area contributed by atoms with Crippen molar-refractivity contribution in [1.29, 1.82) is 0 Å². The second kappa shape index (κ2) is 12.4. The van der Waals surface area contributed by atoms with Crippen molar-refractivity contribution in [3.05, 3.63) is 99.2 Å². The van der Waals surface area contributed by atoms with Gasteiger partial charge in [-0.1, -0.05) is 54.7 Å². The molecule has 2 amide bonds. The average Bonchev–Trinajstić information content (AvgIpc) is 3.50. The predicted octanol–water partition coefficient (Wildman–Crippen LogP) is 9.17. The number of rotatable bonds is 8. The van der Waals surface area contributed by atoms with Crippen LogP contribution in [0.3, 0.4) is 0 Å². The number of halogens is 9. The van der Waals surface area contributed by atoms with Crippen LogP contribution < -0.4 is 16.0 Å². The summed E-state index contributed by atoms with van der Waals surface area (Å²) in [6, 6.07) is 7.74. The van der Waals surface area contributed by atoms with E-state index < -0.39 is 68.5 Å². The number of allylic oxidation sites excluding steroid dienone is 1. The third kappa shape index (κ3) is 7.03. The van der Waals surface area contributed by atoms with E-state index in [0.29, 0.717) is 12.1 Å². The molecule has 0 spiro atoms. The van der Waals surface area contributed by atoms with Crippen LogP contribution >= 0.6 is 34.8 Å². The van der Waals surface area contributed by atoms with E-state index in [2.05, 4.69) is 16.0 Å². The highest BCUT2D eigenvalue weighted by atomic mass is 35.5. The van der Waals surface area contributed by atoms with Gasteiger partial charge in [0.05, 0.1) is 27.8 Å². The highest BCUT2D eigenvalue weighted by Crippen LogP contribution is 2.65. The van der Waals surface area contributed by atoms with E-state index in [9.17, 15) is 36.6 Å². The molecular weight excluding hydrogens is 659 g/mol. The zero-order valence-electron chi connectivity index (χ0n) is 22.6. The molecule has 0 bridgehead atoms. The molecule has 3 aromatic rings. The summed E-state index contributed by atoms with van der Waals surface area (Å²) in [5, 5.41) is 17.5. The topological polar surface area (TPSA) is 90.5 Å². The SMILES string of the molecule is CC(C)CC(=O)Nc1c(F)ccc(NC(=O)c2cc(N/C(O)=C3/[C@H](c4ccc(F)c(C(F)(F)F)c4)C3(Cl)Cl)ccc2Cl)c1F. The predicted molar refractivity (Wildman–Crippen MR) is 156 cm³/mol. The first kappa shape index (κ1) is 33.3. The summed E-state index contributed by atoms with van der Waals surface area (Å²) < 4.78 is 80.8. The Morgan fingerprint density at radius 2 is 1.61 bits per heavy atom. The Morgan fingerprint density at radius 1 is 0.955 bits per heavy atom. The van der Waals surface area contributed by atoms with Crippen LogP contribution in [-0.4, -0.2) is 21.3 Å². The molecule has 0 heterocycles. The van der Waals surface area contributed by atoms with Crippen molar-refractivity contribution in [2.24, 2.45) is 5.92 Å². The standard InChI is InChI=1S/C29H22Cl3F6N3O3/c1-12(2)9-21(42)41-25-19(34)7-8-20(24(25)35)40-26(43)15-11-14(4-5-17(15)30)39-27(44)23-22(28(23,31)32)13-3-6-18(33)16(10-13)29(36,37)38/h3-8,10-12,22,39,44H,9H2,1-2H3,(H,40,43)(H,41,42)/b27-23+/t22-/m0/s1. The maximum absolute atomic E-state index is 15.1. The molecule has 0 saturated heterocycles. The molecule has 6 nitrogen and oxygen atoms in total. The lowest BCUT2D eigenvalue weighted by Crippen LogP contribution is -2.18. The molecule has 44 heavy (non-hydrogen) atoms. The quantitative estimate of drug-likeness (QED) is 0.109. The third-order valence-electron chi connectivity index (χ3n) is 6.48. The lowest BCUT2D eigenvalue weighted by Gasteiger charge is -2.14. The number of nitrogens with one attached hydrogen (secondary N) is 3. The van der Waals surface area contributed by atoms with Gasteiger partial charge < -0.3 is 21.1 Å². The van der Waals surface area contributed by atoms with Crippen molar-refractivity contribution in [3.8, 4) is 0 Å². The first-order valence-corrected chi connectivity index (χ1v) is 13.9. The van der Waals surface area contributed by atoms with Gasteiger partial charge in [0.1, 0.15) is 17.3 Å². The molecule has 4 N–H and O–H groups in total. The van der Waals surface area contributed by atoms with Crippen LogP contribution in [0.5, 0.6) is 0 Å². The van der Waals surface area contributed by atoms with Gasteiger partial charge in [-0.25, -0.2) is 13.2 Å². The summed E-state index contributed by atoms with van der Waals surface area (Å²) in [5.74, 6) is -7.24. The van der Waals surface area contributed by atoms with Gasteiger partial charge in [-0.05, 0) is 53.9 Å². The van der Waals surface area contributed by atoms with Crippen molar-refractivity contribution >= 4 is 63.7 Å². The Bertz CT molecular complexity index is 1680. The van der Waals surface area contributed by atoms with Gasteiger partial charge in [0, 0.05) is 17.7 Å². The molecule has 1 aliphatic rings. The maximum Gasteiger partial charge on any atom is 0.419 e. The van der Waals surface area contributed by atoms with Crippen LogP contribution in [0.4, 0.5) is 43.4 Å². The zero-order valence-corrected chi connectivity index (χ0v) is 24.9. The van der Waals surface area contributed by atoms with E-state index in [4.69, 9.17) is 34.8 Å². The second-order valence-corrected chi connectivity index (χ2v) is 12.1. The molecule has 1 aliphatic carbocycles. The molecule has 1 saturated carbocycles. The van der Waals surface area contributed by atoms with E-state index in [-0.39, 0.29) is 39.7 Å². The van der Waals surface area contributed by atoms with Crippen molar-refractivity contribution in [2.45, 2.75) is 36.7 Å².